The molecule has 124 valence electrons. The van der Waals surface area contributed by atoms with Gasteiger partial charge in [0.05, 0.1) is 25.9 Å². The maximum Gasteiger partial charge on any atom is 0.282 e. The second kappa shape index (κ2) is 7.85. The molecule has 8 heteroatoms. The first-order valence-electron chi connectivity index (χ1n) is 7.67. The molecule has 0 radical (unpaired) electrons. The standard InChI is InChI=1S/C13H27N3O4S/c1-13(2)20-12-7-14-3-5-15(6-4-14)21(17,18)16-8-10-19-11-9-16/h13H,3-12H2,1-2H3. The Hall–Kier alpha value is -0.250. The van der Waals surface area contributed by atoms with Crippen LogP contribution in [0.4, 0.5) is 0 Å². The lowest BCUT2D eigenvalue weighted by Gasteiger charge is -2.37. The Balaban J connectivity index is 1.77. The molecule has 21 heavy (non-hydrogen) atoms. The molecule has 0 amide bonds. The van der Waals surface area contributed by atoms with Crippen LogP contribution in [0.25, 0.3) is 0 Å². The minimum Gasteiger partial charge on any atom is -0.379 e. The second-order valence-electron chi connectivity index (χ2n) is 5.68. The van der Waals surface area contributed by atoms with Gasteiger partial charge in [-0.1, -0.05) is 0 Å². The first-order chi connectivity index (χ1) is 10.00. The van der Waals surface area contributed by atoms with Crippen LogP contribution in [0.5, 0.6) is 0 Å². The van der Waals surface area contributed by atoms with Crippen molar-refractivity contribution in [2.45, 2.75) is 20.0 Å². The smallest absolute Gasteiger partial charge is 0.282 e. The average molecular weight is 321 g/mol. The molecular formula is C13H27N3O4S. The molecule has 0 saturated carbocycles. The van der Waals surface area contributed by atoms with Gasteiger partial charge in [-0.2, -0.15) is 17.0 Å². The van der Waals surface area contributed by atoms with Gasteiger partial charge in [0, 0.05) is 45.8 Å². The third kappa shape index (κ3) is 4.87. The summed E-state index contributed by atoms with van der Waals surface area (Å²) in [6.45, 7) is 10.2. The van der Waals surface area contributed by atoms with Gasteiger partial charge >= 0.3 is 0 Å². The van der Waals surface area contributed by atoms with E-state index in [2.05, 4.69) is 4.90 Å². The van der Waals surface area contributed by atoms with Gasteiger partial charge in [0.1, 0.15) is 0 Å². The highest BCUT2D eigenvalue weighted by molar-refractivity contribution is 7.86. The highest BCUT2D eigenvalue weighted by Gasteiger charge is 2.33. The van der Waals surface area contributed by atoms with Crippen LogP contribution in [0.2, 0.25) is 0 Å². The van der Waals surface area contributed by atoms with E-state index in [1.54, 1.807) is 4.31 Å². The maximum absolute atomic E-state index is 12.5. The molecule has 0 aromatic rings. The van der Waals surface area contributed by atoms with Crippen molar-refractivity contribution in [1.82, 2.24) is 13.5 Å². The summed E-state index contributed by atoms with van der Waals surface area (Å²) >= 11 is 0. The van der Waals surface area contributed by atoms with Crippen molar-refractivity contribution in [3.8, 4) is 0 Å². The van der Waals surface area contributed by atoms with E-state index in [0.29, 0.717) is 46.0 Å². The summed E-state index contributed by atoms with van der Waals surface area (Å²) in [5, 5.41) is 0. The Morgan fingerprint density at radius 1 is 1.00 bits per heavy atom. The van der Waals surface area contributed by atoms with Crippen LogP contribution in [-0.4, -0.2) is 93.7 Å². The van der Waals surface area contributed by atoms with E-state index in [-0.39, 0.29) is 6.10 Å². The van der Waals surface area contributed by atoms with E-state index < -0.39 is 10.2 Å². The summed E-state index contributed by atoms with van der Waals surface area (Å²) in [6.07, 6.45) is 0.244. The number of ether oxygens (including phenoxy) is 2. The molecule has 2 aliphatic heterocycles. The molecule has 0 unspecified atom stereocenters. The molecule has 2 heterocycles. The van der Waals surface area contributed by atoms with E-state index in [0.717, 1.165) is 19.6 Å². The lowest BCUT2D eigenvalue weighted by atomic mass is 10.3. The Morgan fingerprint density at radius 2 is 1.57 bits per heavy atom. The van der Waals surface area contributed by atoms with Crippen LogP contribution < -0.4 is 0 Å². The van der Waals surface area contributed by atoms with Crippen molar-refractivity contribution in [3.63, 3.8) is 0 Å². The Bertz CT molecular complexity index is 402. The number of piperazine rings is 1. The SMILES string of the molecule is CC(C)OCCN1CCN(S(=O)(=O)N2CCOCC2)CC1. The Kier molecular flexibility index (Phi) is 6.39. The third-order valence-electron chi connectivity index (χ3n) is 3.81. The number of hydrogen-bond acceptors (Lipinski definition) is 5. The first-order valence-corrected chi connectivity index (χ1v) is 9.07. The average Bonchev–Trinajstić information content (AvgIpc) is 2.48. The van der Waals surface area contributed by atoms with Crippen LogP contribution in [-0.2, 0) is 19.7 Å². The lowest BCUT2D eigenvalue weighted by molar-refractivity contribution is 0.0496. The van der Waals surface area contributed by atoms with Crippen molar-refractivity contribution in [3.05, 3.63) is 0 Å². The molecule has 0 aromatic carbocycles. The van der Waals surface area contributed by atoms with Gasteiger partial charge < -0.3 is 9.47 Å². The van der Waals surface area contributed by atoms with Crippen molar-refractivity contribution in [2.75, 3.05) is 65.6 Å². The highest BCUT2D eigenvalue weighted by Crippen LogP contribution is 2.13. The van der Waals surface area contributed by atoms with Gasteiger partial charge in [-0.25, -0.2) is 0 Å². The summed E-state index contributed by atoms with van der Waals surface area (Å²) in [5.74, 6) is 0. The zero-order chi connectivity index (χ0) is 15.3. The normalized spacial score (nSPS) is 23.8. The van der Waals surface area contributed by atoms with Crippen molar-refractivity contribution in [1.29, 1.82) is 0 Å². The maximum atomic E-state index is 12.5. The van der Waals surface area contributed by atoms with Gasteiger partial charge in [-0.05, 0) is 13.8 Å². The van der Waals surface area contributed by atoms with Gasteiger partial charge in [-0.15, -0.1) is 0 Å². The predicted octanol–water partition coefficient (Wildman–Crippen LogP) is -0.394. The molecule has 2 rings (SSSR count). The Labute approximate surface area is 128 Å². The first kappa shape index (κ1) is 17.1. The van der Waals surface area contributed by atoms with E-state index in [4.69, 9.17) is 9.47 Å². The summed E-state index contributed by atoms with van der Waals surface area (Å²) < 4.78 is 38.9. The van der Waals surface area contributed by atoms with Crippen LogP contribution in [0.1, 0.15) is 13.8 Å². The molecule has 2 aliphatic rings. The molecule has 2 fully saturated rings. The second-order valence-corrected chi connectivity index (χ2v) is 7.61. The molecule has 0 N–H and O–H groups in total. The zero-order valence-corrected chi connectivity index (χ0v) is 13.8. The predicted molar refractivity (Wildman–Crippen MR) is 80.4 cm³/mol. The van der Waals surface area contributed by atoms with Gasteiger partial charge in [0.25, 0.3) is 10.2 Å². The fourth-order valence-electron chi connectivity index (χ4n) is 2.54. The van der Waals surface area contributed by atoms with Crippen LogP contribution in [0, 0.1) is 0 Å². The highest BCUT2D eigenvalue weighted by atomic mass is 32.2. The van der Waals surface area contributed by atoms with Gasteiger partial charge in [-0.3, -0.25) is 4.90 Å². The quantitative estimate of drug-likeness (QED) is 0.666. The minimum absolute atomic E-state index is 0.244. The molecule has 0 spiro atoms. The molecule has 0 aromatic heterocycles. The fraction of sp³-hybridized carbons (Fsp3) is 1.00. The molecule has 0 bridgehead atoms. The number of morpholine rings is 1. The molecule has 0 aliphatic carbocycles. The topological polar surface area (TPSA) is 62.3 Å². The molecule has 0 atom stereocenters. The fourth-order valence-corrected chi connectivity index (χ4v) is 4.10. The van der Waals surface area contributed by atoms with E-state index in [9.17, 15) is 8.42 Å². The number of nitrogens with zero attached hydrogens (tertiary/aromatic N) is 3. The molecule has 2 saturated heterocycles. The summed E-state index contributed by atoms with van der Waals surface area (Å²) in [4.78, 5) is 2.26. The largest absolute Gasteiger partial charge is 0.379 e. The number of rotatable bonds is 6. The monoisotopic (exact) mass is 321 g/mol. The lowest BCUT2D eigenvalue weighted by Crippen LogP contribution is -2.55. The van der Waals surface area contributed by atoms with Crippen LogP contribution in [0.15, 0.2) is 0 Å². The van der Waals surface area contributed by atoms with Crippen molar-refractivity contribution in [2.24, 2.45) is 0 Å². The van der Waals surface area contributed by atoms with E-state index in [1.165, 1.54) is 4.31 Å². The van der Waals surface area contributed by atoms with E-state index >= 15 is 0 Å². The summed E-state index contributed by atoms with van der Waals surface area (Å²) in [7, 11) is -3.31. The summed E-state index contributed by atoms with van der Waals surface area (Å²) in [5.41, 5.74) is 0. The van der Waals surface area contributed by atoms with Crippen LogP contribution in [0.3, 0.4) is 0 Å². The van der Waals surface area contributed by atoms with Crippen molar-refractivity contribution >= 4 is 10.2 Å². The summed E-state index contributed by atoms with van der Waals surface area (Å²) in [6, 6.07) is 0. The Morgan fingerprint density at radius 3 is 2.14 bits per heavy atom. The minimum atomic E-state index is -3.31. The third-order valence-corrected chi connectivity index (χ3v) is 5.85. The zero-order valence-electron chi connectivity index (χ0n) is 13.0. The van der Waals surface area contributed by atoms with Crippen molar-refractivity contribution < 1.29 is 17.9 Å². The van der Waals surface area contributed by atoms with E-state index in [1.807, 2.05) is 13.8 Å². The van der Waals surface area contributed by atoms with Gasteiger partial charge in [0.15, 0.2) is 0 Å². The van der Waals surface area contributed by atoms with Gasteiger partial charge in [0.2, 0.25) is 0 Å². The molecular weight excluding hydrogens is 294 g/mol. The number of hydrogen-bond donors (Lipinski definition) is 0. The van der Waals surface area contributed by atoms with Crippen LogP contribution >= 0.6 is 0 Å². The molecule has 7 nitrogen and oxygen atoms in total.